The van der Waals surface area contributed by atoms with E-state index in [0.717, 1.165) is 6.54 Å². The lowest BCUT2D eigenvalue weighted by molar-refractivity contribution is -0.126. The van der Waals surface area contributed by atoms with Gasteiger partial charge in [0.15, 0.2) is 0 Å². The zero-order valence-corrected chi connectivity index (χ0v) is 6.46. The highest BCUT2D eigenvalue weighted by molar-refractivity contribution is 5.81. The molecule has 58 valence electrons. The predicted molar refractivity (Wildman–Crippen MR) is 37.9 cm³/mol. The molecule has 0 spiro atoms. The van der Waals surface area contributed by atoms with Gasteiger partial charge in [-0.05, 0) is 7.05 Å². The largest absolute Gasteiger partial charge is 0.380 e. The summed E-state index contributed by atoms with van der Waals surface area (Å²) in [5.41, 5.74) is 0. The molecule has 0 aromatic carbocycles. The number of piperidine rings is 1. The standard InChI is InChI=1S/C7H13NO2/c1-8-4-6(9)3-7(5-8)10-2/h7H,3-5H2,1-2H3/t7-/m1/s1. The molecule has 0 aromatic rings. The molecule has 0 bridgehead atoms. The summed E-state index contributed by atoms with van der Waals surface area (Å²) in [6.45, 7) is 1.46. The van der Waals surface area contributed by atoms with Gasteiger partial charge in [-0.2, -0.15) is 0 Å². The number of hydrogen-bond acceptors (Lipinski definition) is 3. The van der Waals surface area contributed by atoms with Crippen LogP contribution >= 0.6 is 0 Å². The fraction of sp³-hybridized carbons (Fsp3) is 0.857. The first-order valence-electron chi connectivity index (χ1n) is 3.45. The molecule has 10 heavy (non-hydrogen) atoms. The summed E-state index contributed by atoms with van der Waals surface area (Å²) in [7, 11) is 3.58. The molecule has 1 heterocycles. The van der Waals surface area contributed by atoms with E-state index in [-0.39, 0.29) is 11.9 Å². The van der Waals surface area contributed by atoms with E-state index in [2.05, 4.69) is 0 Å². The Kier molecular flexibility index (Phi) is 2.40. The second kappa shape index (κ2) is 3.12. The monoisotopic (exact) mass is 143 g/mol. The van der Waals surface area contributed by atoms with Gasteiger partial charge >= 0.3 is 0 Å². The SMILES string of the molecule is CO[C@@H]1CC(=O)CN(C)C1. The summed E-state index contributed by atoms with van der Waals surface area (Å²) in [5, 5.41) is 0. The Morgan fingerprint density at radius 1 is 1.70 bits per heavy atom. The molecule has 0 N–H and O–H groups in total. The van der Waals surface area contributed by atoms with Crippen molar-refractivity contribution in [2.24, 2.45) is 0 Å². The fourth-order valence-corrected chi connectivity index (χ4v) is 1.25. The Morgan fingerprint density at radius 2 is 2.40 bits per heavy atom. The van der Waals surface area contributed by atoms with Gasteiger partial charge in [-0.15, -0.1) is 0 Å². The van der Waals surface area contributed by atoms with Crippen LogP contribution in [0.3, 0.4) is 0 Å². The number of hydrogen-bond donors (Lipinski definition) is 0. The van der Waals surface area contributed by atoms with Crippen molar-refractivity contribution >= 4 is 5.78 Å². The van der Waals surface area contributed by atoms with Gasteiger partial charge in [-0.1, -0.05) is 0 Å². The van der Waals surface area contributed by atoms with Gasteiger partial charge in [0.25, 0.3) is 0 Å². The topological polar surface area (TPSA) is 29.5 Å². The average Bonchev–Trinajstić information content (AvgIpc) is 1.85. The molecule has 0 unspecified atom stereocenters. The molecule has 1 saturated heterocycles. The van der Waals surface area contributed by atoms with Gasteiger partial charge in [0.05, 0.1) is 12.6 Å². The Hall–Kier alpha value is -0.410. The molecule has 1 aliphatic rings. The van der Waals surface area contributed by atoms with Crippen molar-refractivity contribution in [1.29, 1.82) is 0 Å². The molecule has 0 aromatic heterocycles. The van der Waals surface area contributed by atoms with Crippen LogP contribution in [0.4, 0.5) is 0 Å². The van der Waals surface area contributed by atoms with Crippen molar-refractivity contribution in [1.82, 2.24) is 4.90 Å². The number of ether oxygens (including phenoxy) is 1. The lowest BCUT2D eigenvalue weighted by Gasteiger charge is -2.27. The second-order valence-corrected chi connectivity index (χ2v) is 2.80. The molecular weight excluding hydrogens is 130 g/mol. The van der Waals surface area contributed by atoms with Crippen LogP contribution in [0.5, 0.6) is 0 Å². The Bertz CT molecular complexity index is 136. The number of methoxy groups -OCH3 is 1. The quantitative estimate of drug-likeness (QED) is 0.513. The third kappa shape index (κ3) is 1.78. The van der Waals surface area contributed by atoms with Gasteiger partial charge in [0.2, 0.25) is 0 Å². The van der Waals surface area contributed by atoms with E-state index in [0.29, 0.717) is 13.0 Å². The molecule has 3 heteroatoms. The first kappa shape index (κ1) is 7.69. The number of ketones is 1. The highest BCUT2D eigenvalue weighted by Gasteiger charge is 2.21. The second-order valence-electron chi connectivity index (χ2n) is 2.80. The third-order valence-corrected chi connectivity index (χ3v) is 1.75. The predicted octanol–water partition coefficient (Wildman–Crippen LogP) is -0.0940. The van der Waals surface area contributed by atoms with Crippen molar-refractivity contribution in [2.45, 2.75) is 12.5 Å². The minimum atomic E-state index is 0.117. The van der Waals surface area contributed by atoms with E-state index < -0.39 is 0 Å². The number of nitrogens with zero attached hydrogens (tertiary/aromatic N) is 1. The lowest BCUT2D eigenvalue weighted by Crippen LogP contribution is -2.41. The molecule has 0 radical (unpaired) electrons. The zero-order chi connectivity index (χ0) is 7.56. The summed E-state index contributed by atoms with van der Waals surface area (Å²) in [6.07, 6.45) is 0.701. The number of likely N-dealkylation sites (tertiary alicyclic amines) is 1. The Labute approximate surface area is 61.0 Å². The van der Waals surface area contributed by atoms with Crippen molar-refractivity contribution in [3.05, 3.63) is 0 Å². The van der Waals surface area contributed by atoms with Crippen LogP contribution in [0.15, 0.2) is 0 Å². The van der Waals surface area contributed by atoms with Gasteiger partial charge < -0.3 is 4.74 Å². The van der Waals surface area contributed by atoms with Crippen LogP contribution in [-0.4, -0.2) is 44.0 Å². The molecular formula is C7H13NO2. The van der Waals surface area contributed by atoms with Crippen LogP contribution in [0, 0.1) is 0 Å². The zero-order valence-electron chi connectivity index (χ0n) is 6.46. The maximum absolute atomic E-state index is 10.9. The highest BCUT2D eigenvalue weighted by atomic mass is 16.5. The lowest BCUT2D eigenvalue weighted by atomic mass is 10.1. The third-order valence-electron chi connectivity index (χ3n) is 1.75. The normalized spacial score (nSPS) is 29.0. The summed E-state index contributed by atoms with van der Waals surface area (Å²) < 4.78 is 5.07. The highest BCUT2D eigenvalue weighted by Crippen LogP contribution is 2.06. The van der Waals surface area contributed by atoms with Crippen LogP contribution in [-0.2, 0) is 9.53 Å². The molecule has 1 atom stereocenters. The summed E-state index contributed by atoms with van der Waals surface area (Å²) in [5.74, 6) is 0.278. The van der Waals surface area contributed by atoms with E-state index in [4.69, 9.17) is 4.74 Å². The number of likely N-dealkylation sites (N-methyl/N-ethyl adjacent to an activating group) is 1. The van der Waals surface area contributed by atoms with E-state index in [1.165, 1.54) is 0 Å². The van der Waals surface area contributed by atoms with Crippen molar-refractivity contribution in [3.8, 4) is 0 Å². The van der Waals surface area contributed by atoms with Gasteiger partial charge in [0, 0.05) is 20.1 Å². The number of rotatable bonds is 1. The van der Waals surface area contributed by atoms with E-state index >= 15 is 0 Å². The minimum absolute atomic E-state index is 0.117. The average molecular weight is 143 g/mol. The number of carbonyl (C=O) groups is 1. The van der Waals surface area contributed by atoms with Crippen LogP contribution in [0.1, 0.15) is 6.42 Å². The van der Waals surface area contributed by atoms with E-state index in [1.54, 1.807) is 7.11 Å². The number of carbonyl (C=O) groups excluding carboxylic acids is 1. The van der Waals surface area contributed by atoms with Crippen LogP contribution in [0.25, 0.3) is 0 Å². The summed E-state index contributed by atoms with van der Waals surface area (Å²) >= 11 is 0. The first-order valence-corrected chi connectivity index (χ1v) is 3.45. The molecule has 1 fully saturated rings. The van der Waals surface area contributed by atoms with Gasteiger partial charge in [-0.3, -0.25) is 9.69 Å². The van der Waals surface area contributed by atoms with Gasteiger partial charge in [0.1, 0.15) is 5.78 Å². The summed E-state index contributed by atoms with van der Waals surface area (Å²) in [6, 6.07) is 0. The smallest absolute Gasteiger partial charge is 0.149 e. The van der Waals surface area contributed by atoms with Crippen LogP contribution in [0.2, 0.25) is 0 Å². The van der Waals surface area contributed by atoms with E-state index in [1.807, 2.05) is 11.9 Å². The Balaban J connectivity index is 2.42. The fourth-order valence-electron chi connectivity index (χ4n) is 1.25. The summed E-state index contributed by atoms with van der Waals surface area (Å²) in [4.78, 5) is 12.9. The van der Waals surface area contributed by atoms with Gasteiger partial charge in [-0.25, -0.2) is 0 Å². The molecule has 1 rings (SSSR count). The minimum Gasteiger partial charge on any atom is -0.380 e. The first-order chi connectivity index (χ1) is 4.72. The van der Waals surface area contributed by atoms with Crippen molar-refractivity contribution < 1.29 is 9.53 Å². The molecule has 1 aliphatic heterocycles. The maximum Gasteiger partial charge on any atom is 0.149 e. The van der Waals surface area contributed by atoms with Crippen molar-refractivity contribution in [3.63, 3.8) is 0 Å². The Morgan fingerprint density at radius 3 is 2.90 bits per heavy atom. The molecule has 0 aliphatic carbocycles. The molecule has 3 nitrogen and oxygen atoms in total. The van der Waals surface area contributed by atoms with Crippen LogP contribution < -0.4 is 0 Å². The van der Waals surface area contributed by atoms with E-state index in [9.17, 15) is 4.79 Å². The van der Waals surface area contributed by atoms with Crippen molar-refractivity contribution in [2.75, 3.05) is 27.2 Å². The maximum atomic E-state index is 10.9. The number of Topliss-reactive ketones (excluding diaryl/α,β-unsaturated/α-hetero) is 1. The molecule has 0 saturated carbocycles. The molecule has 0 amide bonds.